The zero-order valence-corrected chi connectivity index (χ0v) is 6.94. The van der Waals surface area contributed by atoms with Gasteiger partial charge in [0, 0.05) is 12.3 Å². The molecule has 2 N–H and O–H groups in total. The van der Waals surface area contributed by atoms with E-state index in [4.69, 9.17) is 5.11 Å². The fourth-order valence-corrected chi connectivity index (χ4v) is 2.53. The minimum atomic E-state index is -0.677. The molecule has 2 fully saturated rings. The molecule has 2 rings (SSSR count). The molecular weight excluding hydrogens is 156 g/mol. The van der Waals surface area contributed by atoms with Crippen LogP contribution in [0.25, 0.3) is 0 Å². The second kappa shape index (κ2) is 2.82. The van der Waals surface area contributed by atoms with Crippen LogP contribution in [0.2, 0.25) is 0 Å². The Morgan fingerprint density at radius 3 is 2.67 bits per heavy atom. The van der Waals surface area contributed by atoms with Gasteiger partial charge in [0.05, 0.1) is 12.7 Å². The van der Waals surface area contributed by atoms with Gasteiger partial charge < -0.3 is 10.2 Å². The number of Topliss-reactive ketones (excluding diaryl/α,β-unsaturated/α-hetero) is 1. The number of hydrogen-bond donors (Lipinski definition) is 2. The Kier molecular flexibility index (Phi) is 1.93. The first kappa shape index (κ1) is 8.20. The Morgan fingerprint density at radius 2 is 2.25 bits per heavy atom. The molecule has 0 bridgehead atoms. The Labute approximate surface area is 71.4 Å². The summed E-state index contributed by atoms with van der Waals surface area (Å²) in [5.74, 6) is 0.931. The summed E-state index contributed by atoms with van der Waals surface area (Å²) in [5, 5.41) is 18.1. The predicted octanol–water partition coefficient (Wildman–Crippen LogP) is -0.0452. The minimum Gasteiger partial charge on any atom is -0.394 e. The van der Waals surface area contributed by atoms with Crippen molar-refractivity contribution in [1.29, 1.82) is 0 Å². The molecule has 0 aromatic carbocycles. The normalized spacial score (nSPS) is 42.2. The molecular formula is C9H14O3. The van der Waals surface area contributed by atoms with Gasteiger partial charge >= 0.3 is 0 Å². The number of aliphatic hydroxyl groups is 2. The molecule has 2 aliphatic rings. The van der Waals surface area contributed by atoms with Crippen LogP contribution in [-0.4, -0.2) is 28.7 Å². The van der Waals surface area contributed by atoms with Crippen LogP contribution in [0.4, 0.5) is 0 Å². The van der Waals surface area contributed by atoms with E-state index in [1.807, 2.05) is 0 Å². The quantitative estimate of drug-likeness (QED) is 0.611. The van der Waals surface area contributed by atoms with Gasteiger partial charge in [0.15, 0.2) is 0 Å². The second-order valence-corrected chi connectivity index (χ2v) is 3.93. The molecule has 3 nitrogen and oxygen atoms in total. The highest BCUT2D eigenvalue weighted by atomic mass is 16.3. The van der Waals surface area contributed by atoms with Crippen molar-refractivity contribution >= 4 is 5.78 Å². The minimum absolute atomic E-state index is 0.0428. The van der Waals surface area contributed by atoms with Gasteiger partial charge in [-0.1, -0.05) is 0 Å². The van der Waals surface area contributed by atoms with Crippen LogP contribution in [0, 0.1) is 17.8 Å². The lowest BCUT2D eigenvalue weighted by molar-refractivity contribution is -0.123. The third-order valence-corrected chi connectivity index (χ3v) is 3.41. The van der Waals surface area contributed by atoms with Gasteiger partial charge in [-0.25, -0.2) is 0 Å². The topological polar surface area (TPSA) is 57.5 Å². The number of carbonyl (C=O) groups excluding carboxylic acids is 1. The third-order valence-electron chi connectivity index (χ3n) is 3.41. The Morgan fingerprint density at radius 1 is 1.50 bits per heavy atom. The summed E-state index contributed by atoms with van der Waals surface area (Å²) >= 11 is 0. The maximum atomic E-state index is 11.3. The molecule has 0 radical (unpaired) electrons. The standard InChI is InChI=1S/C9H14O3/c10-4-9(12)7-3-8(11)6-2-1-5(6)7/h5-7,9-10,12H,1-4H2. The molecule has 2 saturated carbocycles. The monoisotopic (exact) mass is 170 g/mol. The zero-order chi connectivity index (χ0) is 8.72. The first-order chi connectivity index (χ1) is 5.74. The van der Waals surface area contributed by atoms with Crippen LogP contribution in [0.1, 0.15) is 19.3 Å². The number of carbonyl (C=O) groups is 1. The van der Waals surface area contributed by atoms with E-state index in [1.54, 1.807) is 0 Å². The third kappa shape index (κ3) is 1.00. The van der Waals surface area contributed by atoms with Crippen LogP contribution < -0.4 is 0 Å². The summed E-state index contributed by atoms with van der Waals surface area (Å²) in [6.07, 6.45) is 1.86. The number of fused-ring (bicyclic) bond motifs is 1. The smallest absolute Gasteiger partial charge is 0.136 e. The van der Waals surface area contributed by atoms with E-state index in [9.17, 15) is 9.90 Å². The van der Waals surface area contributed by atoms with Crippen LogP contribution in [0.5, 0.6) is 0 Å². The highest BCUT2D eigenvalue weighted by Gasteiger charge is 2.49. The van der Waals surface area contributed by atoms with Gasteiger partial charge in [0.2, 0.25) is 0 Å². The van der Waals surface area contributed by atoms with Crippen LogP contribution >= 0.6 is 0 Å². The van der Waals surface area contributed by atoms with Crippen molar-refractivity contribution in [1.82, 2.24) is 0 Å². The molecule has 4 atom stereocenters. The van der Waals surface area contributed by atoms with Crippen molar-refractivity contribution in [3.63, 3.8) is 0 Å². The summed E-state index contributed by atoms with van der Waals surface area (Å²) in [5.41, 5.74) is 0. The molecule has 0 saturated heterocycles. The first-order valence-electron chi connectivity index (χ1n) is 4.55. The van der Waals surface area contributed by atoms with Gasteiger partial charge in [-0.05, 0) is 24.7 Å². The molecule has 0 aromatic heterocycles. The predicted molar refractivity (Wildman–Crippen MR) is 42.4 cm³/mol. The molecule has 0 amide bonds. The van der Waals surface area contributed by atoms with E-state index in [0.717, 1.165) is 12.8 Å². The largest absolute Gasteiger partial charge is 0.394 e. The van der Waals surface area contributed by atoms with E-state index in [2.05, 4.69) is 0 Å². The van der Waals surface area contributed by atoms with E-state index in [1.165, 1.54) is 0 Å². The molecule has 2 aliphatic carbocycles. The molecule has 0 aromatic rings. The van der Waals surface area contributed by atoms with Gasteiger partial charge in [-0.15, -0.1) is 0 Å². The molecule has 4 unspecified atom stereocenters. The Hall–Kier alpha value is -0.410. The van der Waals surface area contributed by atoms with Gasteiger partial charge in [-0.3, -0.25) is 4.79 Å². The first-order valence-corrected chi connectivity index (χ1v) is 4.55. The number of hydrogen-bond acceptors (Lipinski definition) is 3. The van der Waals surface area contributed by atoms with E-state index >= 15 is 0 Å². The summed E-state index contributed by atoms with van der Waals surface area (Å²) in [4.78, 5) is 11.3. The average molecular weight is 170 g/mol. The van der Waals surface area contributed by atoms with Crippen LogP contribution in [0.15, 0.2) is 0 Å². The highest BCUT2D eigenvalue weighted by Crippen LogP contribution is 2.49. The number of ketones is 1. The number of aliphatic hydroxyl groups excluding tert-OH is 2. The van der Waals surface area contributed by atoms with E-state index in [-0.39, 0.29) is 18.4 Å². The molecule has 0 aliphatic heterocycles. The summed E-state index contributed by atoms with van der Waals surface area (Å²) < 4.78 is 0. The summed E-state index contributed by atoms with van der Waals surface area (Å²) in [6.45, 7) is -0.207. The van der Waals surface area contributed by atoms with Crippen molar-refractivity contribution in [2.24, 2.45) is 17.8 Å². The van der Waals surface area contributed by atoms with Crippen LogP contribution in [0.3, 0.4) is 0 Å². The lowest BCUT2D eigenvalue weighted by atomic mass is 9.71. The van der Waals surface area contributed by atoms with E-state index in [0.29, 0.717) is 18.1 Å². The average Bonchev–Trinajstić information content (AvgIpc) is 2.19. The molecule has 3 heteroatoms. The Bertz CT molecular complexity index is 202. The highest BCUT2D eigenvalue weighted by molar-refractivity contribution is 5.85. The second-order valence-electron chi connectivity index (χ2n) is 3.93. The number of rotatable bonds is 2. The molecule has 0 spiro atoms. The molecule has 0 heterocycles. The fraction of sp³-hybridized carbons (Fsp3) is 0.889. The van der Waals surface area contributed by atoms with Gasteiger partial charge in [0.25, 0.3) is 0 Å². The SMILES string of the molecule is O=C1CC(C(O)CO)C2CCC12. The van der Waals surface area contributed by atoms with Crippen molar-refractivity contribution in [2.45, 2.75) is 25.4 Å². The van der Waals surface area contributed by atoms with Gasteiger partial charge in [-0.2, -0.15) is 0 Å². The fourth-order valence-electron chi connectivity index (χ4n) is 2.53. The van der Waals surface area contributed by atoms with Crippen molar-refractivity contribution in [3.05, 3.63) is 0 Å². The van der Waals surface area contributed by atoms with Gasteiger partial charge in [0.1, 0.15) is 5.78 Å². The van der Waals surface area contributed by atoms with E-state index < -0.39 is 6.10 Å². The Balaban J connectivity index is 2.05. The molecule has 68 valence electrons. The summed E-state index contributed by atoms with van der Waals surface area (Å²) in [6, 6.07) is 0. The van der Waals surface area contributed by atoms with Crippen molar-refractivity contribution in [2.75, 3.05) is 6.61 Å². The zero-order valence-electron chi connectivity index (χ0n) is 6.94. The van der Waals surface area contributed by atoms with Crippen molar-refractivity contribution < 1.29 is 15.0 Å². The maximum absolute atomic E-state index is 11.3. The molecule has 12 heavy (non-hydrogen) atoms. The van der Waals surface area contributed by atoms with Crippen molar-refractivity contribution in [3.8, 4) is 0 Å². The maximum Gasteiger partial charge on any atom is 0.136 e. The lowest BCUT2D eigenvalue weighted by Crippen LogP contribution is -2.34. The summed E-state index contributed by atoms with van der Waals surface area (Å²) in [7, 11) is 0. The lowest BCUT2D eigenvalue weighted by Gasteiger charge is -2.34. The van der Waals surface area contributed by atoms with Crippen LogP contribution in [-0.2, 0) is 4.79 Å².